The second kappa shape index (κ2) is 9.07. The molecule has 152 valence electrons. The van der Waals surface area contributed by atoms with Crippen molar-refractivity contribution in [2.75, 3.05) is 26.2 Å². The molecule has 1 unspecified atom stereocenters. The number of carbonyl (C=O) groups is 1. The fourth-order valence-corrected chi connectivity index (χ4v) is 3.54. The van der Waals surface area contributed by atoms with E-state index in [0.717, 1.165) is 18.7 Å². The van der Waals surface area contributed by atoms with E-state index in [4.69, 9.17) is 13.6 Å². The van der Waals surface area contributed by atoms with E-state index in [1.807, 2.05) is 6.07 Å². The van der Waals surface area contributed by atoms with Gasteiger partial charge in [0.25, 0.3) is 5.91 Å². The van der Waals surface area contributed by atoms with E-state index >= 15 is 0 Å². The van der Waals surface area contributed by atoms with Gasteiger partial charge in [-0.1, -0.05) is 12.1 Å². The van der Waals surface area contributed by atoms with Crippen LogP contribution in [-0.2, 0) is 17.8 Å². The lowest BCUT2D eigenvalue weighted by Gasteiger charge is -2.35. The Morgan fingerprint density at radius 2 is 2.07 bits per heavy atom. The Morgan fingerprint density at radius 3 is 2.83 bits per heavy atom. The van der Waals surface area contributed by atoms with E-state index < -0.39 is 5.82 Å². The summed E-state index contributed by atoms with van der Waals surface area (Å²) in [6, 6.07) is 11.5. The number of amides is 1. The molecule has 0 bridgehead atoms. The van der Waals surface area contributed by atoms with Crippen LogP contribution in [0.15, 0.2) is 70.1 Å². The van der Waals surface area contributed by atoms with Crippen molar-refractivity contribution in [3.05, 3.63) is 84.0 Å². The van der Waals surface area contributed by atoms with Crippen molar-refractivity contribution in [1.29, 1.82) is 0 Å². The molecule has 0 saturated carbocycles. The van der Waals surface area contributed by atoms with Gasteiger partial charge in [-0.05, 0) is 30.3 Å². The summed E-state index contributed by atoms with van der Waals surface area (Å²) in [4.78, 5) is 16.9. The van der Waals surface area contributed by atoms with Crippen LogP contribution in [-0.4, -0.2) is 48.1 Å². The first-order valence-electron chi connectivity index (χ1n) is 9.60. The molecule has 0 spiro atoms. The van der Waals surface area contributed by atoms with Crippen LogP contribution >= 0.6 is 0 Å². The van der Waals surface area contributed by atoms with E-state index in [0.29, 0.717) is 25.5 Å². The molecule has 0 N–H and O–H groups in total. The molecule has 2 aromatic heterocycles. The molecule has 3 heterocycles. The number of halogens is 1. The lowest BCUT2D eigenvalue weighted by molar-refractivity contribution is -0.0443. The van der Waals surface area contributed by atoms with Gasteiger partial charge in [0.05, 0.1) is 43.6 Å². The zero-order valence-corrected chi connectivity index (χ0v) is 16.0. The van der Waals surface area contributed by atoms with Gasteiger partial charge in [0.15, 0.2) is 0 Å². The average molecular weight is 398 g/mol. The Kier molecular flexibility index (Phi) is 6.07. The topological polar surface area (TPSA) is 59.1 Å². The molecule has 1 atom stereocenters. The highest BCUT2D eigenvalue weighted by Crippen LogP contribution is 2.17. The van der Waals surface area contributed by atoms with Gasteiger partial charge in [-0.3, -0.25) is 9.69 Å². The van der Waals surface area contributed by atoms with E-state index in [-0.39, 0.29) is 24.1 Å². The van der Waals surface area contributed by atoms with Crippen LogP contribution in [0.3, 0.4) is 0 Å². The van der Waals surface area contributed by atoms with Gasteiger partial charge >= 0.3 is 0 Å². The average Bonchev–Trinajstić information content (AvgIpc) is 3.42. The largest absolute Gasteiger partial charge is 0.472 e. The molecule has 4 rings (SSSR count). The van der Waals surface area contributed by atoms with Gasteiger partial charge in [-0.25, -0.2) is 4.39 Å². The summed E-state index contributed by atoms with van der Waals surface area (Å²) in [6.07, 6.45) is 4.77. The summed E-state index contributed by atoms with van der Waals surface area (Å²) in [5.74, 6) is -0.274. The Bertz CT molecular complexity index is 911. The number of benzene rings is 1. The number of carbonyl (C=O) groups excluding carboxylic acids is 1. The van der Waals surface area contributed by atoms with Crippen LogP contribution in [0.4, 0.5) is 4.39 Å². The number of hydrogen-bond acceptors (Lipinski definition) is 5. The quantitative estimate of drug-likeness (QED) is 0.609. The zero-order valence-electron chi connectivity index (χ0n) is 16.0. The Balaban J connectivity index is 1.47. The molecule has 6 nitrogen and oxygen atoms in total. The maximum atomic E-state index is 14.2. The molecular weight excluding hydrogens is 375 g/mol. The summed E-state index contributed by atoms with van der Waals surface area (Å²) in [5, 5.41) is 0. The molecule has 1 amide bonds. The lowest BCUT2D eigenvalue weighted by atomic mass is 10.1. The van der Waals surface area contributed by atoms with Crippen molar-refractivity contribution in [2.45, 2.75) is 19.2 Å². The molecule has 0 aliphatic carbocycles. The van der Waals surface area contributed by atoms with Crippen LogP contribution < -0.4 is 0 Å². The van der Waals surface area contributed by atoms with Gasteiger partial charge in [0.1, 0.15) is 11.6 Å². The highest BCUT2D eigenvalue weighted by atomic mass is 19.1. The first kappa shape index (κ1) is 19.4. The second-order valence-electron chi connectivity index (χ2n) is 7.10. The van der Waals surface area contributed by atoms with Gasteiger partial charge < -0.3 is 18.5 Å². The summed E-state index contributed by atoms with van der Waals surface area (Å²) < 4.78 is 30.7. The number of ether oxygens (including phenoxy) is 1. The van der Waals surface area contributed by atoms with Gasteiger partial charge in [0, 0.05) is 31.7 Å². The second-order valence-corrected chi connectivity index (χ2v) is 7.10. The van der Waals surface area contributed by atoms with Crippen LogP contribution in [0.2, 0.25) is 0 Å². The first-order valence-corrected chi connectivity index (χ1v) is 9.60. The Labute approximate surface area is 168 Å². The minimum absolute atomic E-state index is 0.0464. The number of rotatable bonds is 7. The van der Waals surface area contributed by atoms with Crippen LogP contribution in [0, 0.1) is 5.82 Å². The summed E-state index contributed by atoms with van der Waals surface area (Å²) >= 11 is 0. The normalized spacial score (nSPS) is 17.3. The van der Waals surface area contributed by atoms with E-state index in [1.165, 1.54) is 12.1 Å². The third kappa shape index (κ3) is 4.93. The predicted molar refractivity (Wildman–Crippen MR) is 104 cm³/mol. The minimum Gasteiger partial charge on any atom is -0.472 e. The molecule has 1 aliphatic rings. The maximum absolute atomic E-state index is 14.2. The zero-order chi connectivity index (χ0) is 20.1. The molecule has 3 aromatic rings. The molecule has 1 fully saturated rings. The maximum Gasteiger partial charge on any atom is 0.257 e. The minimum atomic E-state index is -0.534. The standard InChI is InChI=1S/C22H23FN2O4/c23-21-6-2-1-5-20(21)22(26)25(14-18-4-3-9-28-18)15-19-13-24(8-11-29-19)12-17-7-10-27-16-17/h1-7,9-10,16,19H,8,11-15H2. The van der Waals surface area contributed by atoms with Crippen molar-refractivity contribution in [3.63, 3.8) is 0 Å². The number of hydrogen-bond donors (Lipinski definition) is 0. The lowest BCUT2D eigenvalue weighted by Crippen LogP contribution is -2.48. The highest BCUT2D eigenvalue weighted by molar-refractivity contribution is 5.94. The van der Waals surface area contributed by atoms with Crippen LogP contribution in [0.1, 0.15) is 21.7 Å². The van der Waals surface area contributed by atoms with Crippen LogP contribution in [0.5, 0.6) is 0 Å². The van der Waals surface area contributed by atoms with Crippen molar-refractivity contribution in [3.8, 4) is 0 Å². The smallest absolute Gasteiger partial charge is 0.257 e. The molecule has 1 aliphatic heterocycles. The molecule has 1 aromatic carbocycles. The van der Waals surface area contributed by atoms with E-state index in [9.17, 15) is 9.18 Å². The number of furan rings is 2. The highest BCUT2D eigenvalue weighted by Gasteiger charge is 2.27. The molecule has 0 radical (unpaired) electrons. The van der Waals surface area contributed by atoms with Gasteiger partial charge in [-0.2, -0.15) is 0 Å². The third-order valence-electron chi connectivity index (χ3n) is 4.95. The molecule has 7 heteroatoms. The molecule has 29 heavy (non-hydrogen) atoms. The van der Waals surface area contributed by atoms with E-state index in [1.54, 1.807) is 48.0 Å². The fraction of sp³-hybridized carbons (Fsp3) is 0.318. The Morgan fingerprint density at radius 1 is 1.17 bits per heavy atom. The molecule has 1 saturated heterocycles. The summed E-state index contributed by atoms with van der Waals surface area (Å²) in [5.41, 5.74) is 1.14. The predicted octanol–water partition coefficient (Wildman–Crippen LogP) is 3.56. The third-order valence-corrected chi connectivity index (χ3v) is 4.95. The molecular formula is C22H23FN2O4. The van der Waals surface area contributed by atoms with Crippen molar-refractivity contribution >= 4 is 5.91 Å². The Hall–Kier alpha value is -2.90. The van der Waals surface area contributed by atoms with Crippen LogP contribution in [0.25, 0.3) is 0 Å². The van der Waals surface area contributed by atoms with Crippen molar-refractivity contribution < 1.29 is 22.8 Å². The SMILES string of the molecule is O=C(c1ccccc1F)N(Cc1ccco1)CC1CN(Cc2ccoc2)CCO1. The first-order chi connectivity index (χ1) is 14.2. The van der Waals surface area contributed by atoms with Crippen molar-refractivity contribution in [2.24, 2.45) is 0 Å². The summed E-state index contributed by atoms with van der Waals surface area (Å²) in [7, 11) is 0. The van der Waals surface area contributed by atoms with Gasteiger partial charge in [-0.15, -0.1) is 0 Å². The fourth-order valence-electron chi connectivity index (χ4n) is 3.54. The van der Waals surface area contributed by atoms with Gasteiger partial charge in [0.2, 0.25) is 0 Å². The monoisotopic (exact) mass is 398 g/mol. The number of morpholine rings is 1. The van der Waals surface area contributed by atoms with E-state index in [2.05, 4.69) is 4.90 Å². The number of nitrogens with zero attached hydrogens (tertiary/aromatic N) is 2. The summed E-state index contributed by atoms with van der Waals surface area (Å²) in [6.45, 7) is 3.41. The van der Waals surface area contributed by atoms with Crippen molar-refractivity contribution in [1.82, 2.24) is 9.80 Å².